The summed E-state index contributed by atoms with van der Waals surface area (Å²) in [5.41, 5.74) is 5.18. The van der Waals surface area contributed by atoms with Crippen LogP contribution in [0.5, 0.6) is 0 Å². The van der Waals surface area contributed by atoms with Crippen LogP contribution in [0, 0.1) is 5.92 Å². The number of amides is 6. The van der Waals surface area contributed by atoms with Crippen LogP contribution in [0.2, 0.25) is 0 Å². The summed E-state index contributed by atoms with van der Waals surface area (Å²) in [7, 11) is 0. The molecule has 0 spiro atoms. The summed E-state index contributed by atoms with van der Waals surface area (Å²) in [6.45, 7) is 11.5. The minimum atomic E-state index is -0.837. The molecule has 2 atom stereocenters. The minimum absolute atomic E-state index is 0.0403. The van der Waals surface area contributed by atoms with Crippen LogP contribution in [0.15, 0.2) is 12.2 Å². The van der Waals surface area contributed by atoms with Crippen molar-refractivity contribution in [2.24, 2.45) is 11.7 Å². The van der Waals surface area contributed by atoms with Gasteiger partial charge in [0.15, 0.2) is 0 Å². The average molecular weight is 762 g/mol. The van der Waals surface area contributed by atoms with Gasteiger partial charge in [0.1, 0.15) is 12.1 Å². The van der Waals surface area contributed by atoms with Crippen LogP contribution >= 0.6 is 0 Å². The average Bonchev–Trinajstić information content (AvgIpc) is 3.44. The van der Waals surface area contributed by atoms with Gasteiger partial charge >= 0.3 is 0 Å². The number of nitrogens with two attached hydrogens (primary N) is 1. The van der Waals surface area contributed by atoms with Crippen molar-refractivity contribution in [3.63, 3.8) is 0 Å². The Kier molecular flexibility index (Phi) is 27.6. The molecule has 19 nitrogen and oxygen atoms in total. The van der Waals surface area contributed by atoms with Crippen molar-refractivity contribution >= 4 is 35.4 Å². The monoisotopic (exact) mass is 761 g/mol. The first-order chi connectivity index (χ1) is 25.5. The summed E-state index contributed by atoms with van der Waals surface area (Å²) in [6, 6.07) is -1.63. The number of hydrogen-bond donors (Lipinski definition) is 4. The Balaban J connectivity index is 1.77. The van der Waals surface area contributed by atoms with Crippen molar-refractivity contribution in [1.29, 1.82) is 0 Å². The summed E-state index contributed by atoms with van der Waals surface area (Å²) >= 11 is 0. The number of hydrogen-bond acceptors (Lipinski definition) is 14. The van der Waals surface area contributed by atoms with E-state index in [4.69, 9.17) is 43.6 Å². The van der Waals surface area contributed by atoms with E-state index >= 15 is 0 Å². The second kappa shape index (κ2) is 30.9. The van der Waals surface area contributed by atoms with Gasteiger partial charge in [0.2, 0.25) is 23.6 Å². The van der Waals surface area contributed by atoms with Crippen LogP contribution in [-0.2, 0) is 66.7 Å². The van der Waals surface area contributed by atoms with E-state index < -0.39 is 35.7 Å². The molecule has 2 unspecified atom stereocenters. The van der Waals surface area contributed by atoms with Gasteiger partial charge in [0, 0.05) is 38.1 Å². The minimum Gasteiger partial charge on any atom is -0.379 e. The lowest BCUT2D eigenvalue weighted by Crippen LogP contribution is -2.54. The molecule has 0 saturated carbocycles. The lowest BCUT2D eigenvalue weighted by molar-refractivity contribution is -0.137. The molecule has 0 aromatic rings. The van der Waals surface area contributed by atoms with Gasteiger partial charge in [0.05, 0.1) is 106 Å². The molecule has 0 fully saturated rings. The molecule has 19 heteroatoms. The standard InChI is InChI=1S/C34H59N5O14/c1-26(2)32(34(45)37-27(3)33(35)44)38-29(41)7-10-46-12-14-48-16-18-50-20-22-52-24-25-53-23-21-51-19-17-49-15-13-47-11-8-36-28(40)6-9-39-30(42)4-5-31(39)43/h4-5,26-27,32H,6-25H2,1-3H3,(H2,35,44)(H,36,40)(H,37,45)(H,38,41). The van der Waals surface area contributed by atoms with Gasteiger partial charge in [-0.05, 0) is 12.8 Å². The summed E-state index contributed by atoms with van der Waals surface area (Å²) in [5, 5.41) is 7.82. The number of nitrogens with one attached hydrogen (secondary N) is 3. The maximum Gasteiger partial charge on any atom is 0.253 e. The fraction of sp³-hybridized carbons (Fsp3) is 0.765. The Morgan fingerprint density at radius 3 is 1.38 bits per heavy atom. The van der Waals surface area contributed by atoms with Gasteiger partial charge in [0.25, 0.3) is 11.8 Å². The molecule has 0 aliphatic carbocycles. The molecule has 6 amide bonds. The summed E-state index contributed by atoms with van der Waals surface area (Å²) in [6.07, 6.45) is 2.48. The van der Waals surface area contributed by atoms with Gasteiger partial charge in [-0.1, -0.05) is 13.8 Å². The molecule has 304 valence electrons. The Hall–Kier alpha value is -3.56. The maximum atomic E-state index is 12.3. The van der Waals surface area contributed by atoms with Gasteiger partial charge in [-0.25, -0.2) is 0 Å². The van der Waals surface area contributed by atoms with Crippen molar-refractivity contribution < 1.29 is 66.7 Å². The number of rotatable bonds is 35. The Labute approximate surface area is 311 Å². The van der Waals surface area contributed by atoms with E-state index in [1.807, 2.05) is 0 Å². The molecule has 1 heterocycles. The molecule has 0 saturated heterocycles. The molecule has 1 aliphatic rings. The predicted octanol–water partition coefficient (Wildman–Crippen LogP) is -1.93. The van der Waals surface area contributed by atoms with Crippen LogP contribution in [0.4, 0.5) is 0 Å². The van der Waals surface area contributed by atoms with Crippen LogP contribution in [0.25, 0.3) is 0 Å². The topological polar surface area (TPSA) is 242 Å². The Morgan fingerprint density at radius 1 is 0.585 bits per heavy atom. The SMILES string of the molecule is CC(NC(=O)C(NC(=O)CCOCCOCCOCCOCCOCCOCCOCCOCCNC(=O)CCN1C(=O)C=CC1=O)C(C)C)C(N)=O. The molecular formula is C34H59N5O14. The van der Waals surface area contributed by atoms with E-state index in [1.165, 1.54) is 19.1 Å². The zero-order valence-electron chi connectivity index (χ0n) is 31.3. The molecular weight excluding hydrogens is 702 g/mol. The first-order valence-corrected chi connectivity index (χ1v) is 17.8. The zero-order chi connectivity index (χ0) is 39.1. The molecule has 1 rings (SSSR count). The lowest BCUT2D eigenvalue weighted by atomic mass is 10.0. The maximum absolute atomic E-state index is 12.3. The number of nitrogens with zero attached hydrogens (tertiary/aromatic N) is 1. The summed E-state index contributed by atoms with van der Waals surface area (Å²) in [4.78, 5) is 71.4. The summed E-state index contributed by atoms with van der Waals surface area (Å²) in [5.74, 6) is -2.73. The number of imide groups is 1. The molecule has 5 N–H and O–H groups in total. The third-order valence-electron chi connectivity index (χ3n) is 7.16. The second-order valence-corrected chi connectivity index (χ2v) is 11.8. The first kappa shape index (κ1) is 47.5. The quantitative estimate of drug-likeness (QED) is 0.0407. The Bertz CT molecular complexity index is 1090. The first-order valence-electron chi connectivity index (χ1n) is 17.8. The van der Waals surface area contributed by atoms with Crippen molar-refractivity contribution in [3.05, 3.63) is 12.2 Å². The highest BCUT2D eigenvalue weighted by Gasteiger charge is 2.26. The van der Waals surface area contributed by atoms with Crippen molar-refractivity contribution in [1.82, 2.24) is 20.9 Å². The van der Waals surface area contributed by atoms with Crippen molar-refractivity contribution in [3.8, 4) is 0 Å². The van der Waals surface area contributed by atoms with E-state index in [9.17, 15) is 28.8 Å². The largest absolute Gasteiger partial charge is 0.379 e. The molecule has 0 radical (unpaired) electrons. The number of primary amides is 1. The third kappa shape index (κ3) is 25.2. The van der Waals surface area contributed by atoms with Crippen LogP contribution < -0.4 is 21.7 Å². The molecule has 0 aromatic heterocycles. The van der Waals surface area contributed by atoms with Gasteiger partial charge in [-0.3, -0.25) is 33.7 Å². The second-order valence-electron chi connectivity index (χ2n) is 11.8. The van der Waals surface area contributed by atoms with Crippen LogP contribution in [0.3, 0.4) is 0 Å². The highest BCUT2D eigenvalue weighted by molar-refractivity contribution is 6.13. The lowest BCUT2D eigenvalue weighted by Gasteiger charge is -2.23. The van der Waals surface area contributed by atoms with E-state index in [1.54, 1.807) is 13.8 Å². The molecule has 0 bridgehead atoms. The summed E-state index contributed by atoms with van der Waals surface area (Å²) < 4.78 is 43.5. The van der Waals surface area contributed by atoms with Crippen LogP contribution in [0.1, 0.15) is 33.6 Å². The van der Waals surface area contributed by atoms with Gasteiger partial charge < -0.3 is 59.6 Å². The zero-order valence-corrected chi connectivity index (χ0v) is 31.3. The number of carbonyl (C=O) groups excluding carboxylic acids is 6. The predicted molar refractivity (Wildman–Crippen MR) is 188 cm³/mol. The van der Waals surface area contributed by atoms with Crippen molar-refractivity contribution in [2.45, 2.75) is 45.7 Å². The molecule has 1 aliphatic heterocycles. The number of ether oxygens (including phenoxy) is 8. The van der Waals surface area contributed by atoms with E-state index in [-0.39, 0.29) is 43.7 Å². The van der Waals surface area contributed by atoms with Gasteiger partial charge in [-0.2, -0.15) is 0 Å². The molecule has 0 aromatic carbocycles. The van der Waals surface area contributed by atoms with E-state index in [0.29, 0.717) is 106 Å². The third-order valence-corrected chi connectivity index (χ3v) is 7.16. The highest BCUT2D eigenvalue weighted by atomic mass is 16.6. The Morgan fingerprint density at radius 2 is 0.981 bits per heavy atom. The number of carbonyl (C=O) groups is 6. The van der Waals surface area contributed by atoms with E-state index in [2.05, 4.69) is 16.0 Å². The van der Waals surface area contributed by atoms with E-state index in [0.717, 1.165) is 4.90 Å². The fourth-order valence-electron chi connectivity index (χ4n) is 4.18. The van der Waals surface area contributed by atoms with Gasteiger partial charge in [-0.15, -0.1) is 0 Å². The van der Waals surface area contributed by atoms with Crippen molar-refractivity contribution in [2.75, 3.05) is 119 Å². The normalized spacial score (nSPS) is 13.8. The molecule has 53 heavy (non-hydrogen) atoms. The highest BCUT2D eigenvalue weighted by Crippen LogP contribution is 2.05. The van der Waals surface area contributed by atoms with Crippen LogP contribution in [-0.4, -0.2) is 171 Å². The smallest absolute Gasteiger partial charge is 0.253 e. The fourth-order valence-corrected chi connectivity index (χ4v) is 4.18.